The number of benzene rings is 4. The van der Waals surface area contributed by atoms with Crippen molar-refractivity contribution in [3.63, 3.8) is 0 Å². The van der Waals surface area contributed by atoms with E-state index in [9.17, 15) is 14.7 Å². The number of rotatable bonds is 15. The molecule has 0 bridgehead atoms. The number of oxazole rings is 1. The van der Waals surface area contributed by atoms with Crippen molar-refractivity contribution in [3.8, 4) is 22.6 Å². The molecule has 2 heterocycles. The topological polar surface area (TPSA) is 123 Å². The van der Waals surface area contributed by atoms with Crippen LogP contribution in [0.4, 0.5) is 5.69 Å². The first-order valence-electron chi connectivity index (χ1n) is 17.8. The molecule has 0 unspecified atom stereocenters. The lowest BCUT2D eigenvalue weighted by Gasteiger charge is -2.41. The molecule has 1 aliphatic rings. The highest BCUT2D eigenvalue weighted by Gasteiger charge is 2.38. The smallest absolute Gasteiger partial charge is 0.256 e. The third kappa shape index (κ3) is 9.77. The molecule has 1 saturated heterocycles. The third-order valence-electron chi connectivity index (χ3n) is 9.11. The van der Waals surface area contributed by atoms with E-state index in [2.05, 4.69) is 17.6 Å². The van der Waals surface area contributed by atoms with Gasteiger partial charge in [-0.2, -0.15) is 0 Å². The van der Waals surface area contributed by atoms with Gasteiger partial charge in [0.05, 0.1) is 18.8 Å². The van der Waals surface area contributed by atoms with Crippen LogP contribution < -0.4 is 10.6 Å². The Kier molecular flexibility index (Phi) is 12.9. The van der Waals surface area contributed by atoms with Crippen molar-refractivity contribution in [3.05, 3.63) is 126 Å². The van der Waals surface area contributed by atoms with Crippen LogP contribution in [0, 0.1) is 5.92 Å². The van der Waals surface area contributed by atoms with Crippen molar-refractivity contribution < 1.29 is 28.6 Å². The number of hydrogen-bond acceptors (Lipinski definition) is 8. The largest absolute Gasteiger partial charge is 0.431 e. The highest BCUT2D eigenvalue weighted by atomic mass is 32.2. The zero-order chi connectivity index (χ0) is 36.3. The predicted molar refractivity (Wildman–Crippen MR) is 203 cm³/mol. The number of thioether (sulfide) groups is 1. The first-order valence-corrected chi connectivity index (χ1v) is 18.8. The molecule has 0 spiro atoms. The number of nitrogens with one attached hydrogen (secondary N) is 2. The third-order valence-corrected chi connectivity index (χ3v) is 10.0. The van der Waals surface area contributed by atoms with Crippen molar-refractivity contribution >= 4 is 29.3 Å². The van der Waals surface area contributed by atoms with E-state index in [0.717, 1.165) is 58.5 Å². The molecular weight excluding hydrogens is 675 g/mol. The van der Waals surface area contributed by atoms with Gasteiger partial charge in [0, 0.05) is 53.9 Å². The number of carbonyl (C=O) groups excluding carboxylic acids is 2. The number of nitrogens with zero attached hydrogens (tertiary/aromatic N) is 1. The fraction of sp³-hybridized carbons (Fsp3) is 0.310. The lowest BCUT2D eigenvalue weighted by atomic mass is 9.91. The summed E-state index contributed by atoms with van der Waals surface area (Å²) < 4.78 is 19.7. The number of carbonyl (C=O) groups is 2. The molecule has 1 fully saturated rings. The molecule has 9 nitrogen and oxygen atoms in total. The number of aromatic nitrogens is 1. The lowest BCUT2D eigenvalue weighted by molar-refractivity contribution is -0.268. The van der Waals surface area contributed by atoms with E-state index in [4.69, 9.17) is 18.9 Å². The zero-order valence-electron chi connectivity index (χ0n) is 29.5. The molecule has 4 aromatic carbocycles. The van der Waals surface area contributed by atoms with E-state index in [1.165, 1.54) is 18.7 Å². The Balaban J connectivity index is 1.16. The number of amides is 2. The Morgan fingerprint density at radius 1 is 0.808 bits per heavy atom. The van der Waals surface area contributed by atoms with Crippen LogP contribution in [0.2, 0.25) is 0 Å². The van der Waals surface area contributed by atoms with Crippen molar-refractivity contribution in [2.24, 2.45) is 5.92 Å². The molecule has 5 aromatic rings. The van der Waals surface area contributed by atoms with Gasteiger partial charge in [-0.15, -0.1) is 0 Å². The van der Waals surface area contributed by atoms with Crippen LogP contribution in [0.1, 0.15) is 68.6 Å². The van der Waals surface area contributed by atoms with E-state index in [0.29, 0.717) is 29.6 Å². The van der Waals surface area contributed by atoms with Gasteiger partial charge in [-0.05, 0) is 36.1 Å². The van der Waals surface area contributed by atoms with E-state index < -0.39 is 6.29 Å². The second-order valence-corrected chi connectivity index (χ2v) is 14.0. The number of aliphatic hydroxyl groups excluding tert-OH is 1. The molecule has 3 N–H and O–H groups in total. The van der Waals surface area contributed by atoms with Gasteiger partial charge in [0.1, 0.15) is 5.69 Å². The number of unbranched alkanes of at least 4 members (excludes halogenated alkanes) is 2. The van der Waals surface area contributed by atoms with Gasteiger partial charge in [-0.25, -0.2) is 4.98 Å². The van der Waals surface area contributed by atoms with E-state index in [1.54, 1.807) is 0 Å². The number of hydrogen-bond donors (Lipinski definition) is 3. The Morgan fingerprint density at radius 3 is 2.15 bits per heavy atom. The van der Waals surface area contributed by atoms with Crippen LogP contribution in [0.25, 0.3) is 22.6 Å². The van der Waals surface area contributed by atoms with Crippen LogP contribution in [0.5, 0.6) is 0 Å². The normalized spacial score (nSPS) is 18.5. The molecule has 52 heavy (non-hydrogen) atoms. The molecule has 0 radical (unpaired) electrons. The maximum Gasteiger partial charge on any atom is 0.256 e. The summed E-state index contributed by atoms with van der Waals surface area (Å²) in [5.41, 5.74) is 6.11. The van der Waals surface area contributed by atoms with Gasteiger partial charge in [0.2, 0.25) is 11.8 Å². The minimum absolute atomic E-state index is 0.0160. The maximum absolute atomic E-state index is 12.6. The van der Waals surface area contributed by atoms with Crippen LogP contribution in [-0.4, -0.2) is 40.3 Å². The summed E-state index contributed by atoms with van der Waals surface area (Å²) in [5, 5.41) is 15.9. The van der Waals surface area contributed by atoms with Crippen LogP contribution in [-0.2, 0) is 25.7 Å². The molecule has 1 aliphatic heterocycles. The monoisotopic (exact) mass is 719 g/mol. The summed E-state index contributed by atoms with van der Waals surface area (Å²) in [6.07, 6.45) is 1.73. The SMILES string of the molecule is CC(=O)NCCCCCC(=O)Nc1ccc([C@H]2O[C@@H](CSc3nc(-c4ccccc4)c(-c4ccccc4)o3)[C@@H](C)[C@@H](c3ccc(CO)cc3)O2)cc1. The summed E-state index contributed by atoms with van der Waals surface area (Å²) in [6, 6.07) is 35.5. The lowest BCUT2D eigenvalue weighted by Crippen LogP contribution is -2.38. The highest BCUT2D eigenvalue weighted by Crippen LogP contribution is 2.44. The number of anilines is 1. The quantitative estimate of drug-likeness (QED) is 0.0726. The molecule has 6 rings (SSSR count). The summed E-state index contributed by atoms with van der Waals surface area (Å²) in [5.74, 6) is 1.20. The molecule has 10 heteroatoms. The first-order chi connectivity index (χ1) is 25.4. The van der Waals surface area contributed by atoms with E-state index in [-0.39, 0.29) is 36.5 Å². The van der Waals surface area contributed by atoms with Crippen LogP contribution in [0.3, 0.4) is 0 Å². The van der Waals surface area contributed by atoms with Gasteiger partial charge in [0.15, 0.2) is 12.1 Å². The summed E-state index contributed by atoms with van der Waals surface area (Å²) >= 11 is 1.52. The average molecular weight is 720 g/mol. The minimum atomic E-state index is -0.651. The molecule has 1 aromatic heterocycles. The van der Waals surface area contributed by atoms with Gasteiger partial charge in [-0.1, -0.05) is 122 Å². The molecule has 0 aliphatic carbocycles. The Bertz CT molecular complexity index is 1830. The van der Waals surface area contributed by atoms with E-state index >= 15 is 0 Å². The highest BCUT2D eigenvalue weighted by molar-refractivity contribution is 7.99. The minimum Gasteiger partial charge on any atom is -0.431 e. The van der Waals surface area contributed by atoms with Crippen molar-refractivity contribution in [1.82, 2.24) is 10.3 Å². The molecule has 270 valence electrons. The molecule has 4 atom stereocenters. The van der Waals surface area contributed by atoms with Crippen LogP contribution in [0.15, 0.2) is 119 Å². The second-order valence-electron chi connectivity index (χ2n) is 13.0. The second kappa shape index (κ2) is 18.1. The molecule has 0 saturated carbocycles. The number of aliphatic hydroxyl groups is 1. The fourth-order valence-electron chi connectivity index (χ4n) is 6.20. The molecule has 2 amide bonds. The maximum atomic E-state index is 12.6. The van der Waals surface area contributed by atoms with Gasteiger partial charge in [0.25, 0.3) is 5.22 Å². The van der Waals surface area contributed by atoms with Crippen molar-refractivity contribution in [2.75, 3.05) is 17.6 Å². The summed E-state index contributed by atoms with van der Waals surface area (Å²) in [7, 11) is 0. The van der Waals surface area contributed by atoms with Crippen molar-refractivity contribution in [2.45, 2.75) is 69.9 Å². The van der Waals surface area contributed by atoms with E-state index in [1.807, 2.05) is 109 Å². The Labute approximate surface area is 309 Å². The van der Waals surface area contributed by atoms with Crippen LogP contribution >= 0.6 is 11.8 Å². The van der Waals surface area contributed by atoms with Gasteiger partial charge in [-0.3, -0.25) is 9.59 Å². The van der Waals surface area contributed by atoms with Gasteiger partial charge < -0.3 is 29.6 Å². The first kappa shape index (κ1) is 37.0. The van der Waals surface area contributed by atoms with Crippen molar-refractivity contribution in [1.29, 1.82) is 0 Å². The predicted octanol–water partition coefficient (Wildman–Crippen LogP) is 8.72. The summed E-state index contributed by atoms with van der Waals surface area (Å²) in [6.45, 7) is 4.23. The average Bonchev–Trinajstić information content (AvgIpc) is 3.61. The standard InChI is InChI=1S/C42H45N3O6S/c1-28-36(27-52-42-45-38(31-12-6-3-7-13-31)40(51-42)32-14-8-4-9-15-32)49-41(50-39(28)33-19-17-30(26-46)18-20-33)34-21-23-35(24-22-34)44-37(48)16-10-5-11-25-43-29(2)47/h3-4,6-9,12-15,17-24,28,36,39,41,46H,5,10-11,16,25-27H2,1-2H3,(H,43,47)(H,44,48)/t28-,36+,39+,41+/m1/s1. The fourth-order valence-corrected chi connectivity index (χ4v) is 7.19. The Hall–Kier alpha value is -4.74. The number of ether oxygens (including phenoxy) is 2. The zero-order valence-corrected chi connectivity index (χ0v) is 30.3. The molecular formula is C42H45N3O6S. The Morgan fingerprint density at radius 2 is 1.48 bits per heavy atom. The van der Waals surface area contributed by atoms with Gasteiger partial charge >= 0.3 is 0 Å². The summed E-state index contributed by atoms with van der Waals surface area (Å²) in [4.78, 5) is 28.5.